The molecule has 0 atom stereocenters. The number of hydrogen-bond acceptors (Lipinski definition) is 4. The second-order valence-corrected chi connectivity index (χ2v) is 16.3. The Balaban J connectivity index is 1.12. The summed E-state index contributed by atoms with van der Waals surface area (Å²) >= 11 is 0. The van der Waals surface area contributed by atoms with E-state index in [9.17, 15) is 10.2 Å². The number of fused-ring (bicyclic) bond motifs is 6. The van der Waals surface area contributed by atoms with E-state index >= 15 is 0 Å². The molecule has 2 aliphatic carbocycles. The van der Waals surface area contributed by atoms with Gasteiger partial charge < -0.3 is 15.1 Å². The van der Waals surface area contributed by atoms with E-state index in [1.807, 2.05) is 0 Å². The molecular weight excluding hydrogens is 661 g/mol. The first-order valence-corrected chi connectivity index (χ1v) is 19.7. The number of aryl methyl sites for hydroxylation is 2. The van der Waals surface area contributed by atoms with E-state index in [-0.39, 0.29) is 0 Å². The Kier molecular flexibility index (Phi) is 8.52. The first kappa shape index (κ1) is 34.6. The zero-order valence-corrected chi connectivity index (χ0v) is 32.0. The highest BCUT2D eigenvalue weighted by Crippen LogP contribution is 2.56. The van der Waals surface area contributed by atoms with Crippen LogP contribution in [-0.4, -0.2) is 46.2 Å². The summed E-state index contributed by atoms with van der Waals surface area (Å²) in [7, 11) is 0. The second kappa shape index (κ2) is 13.3. The van der Waals surface area contributed by atoms with Crippen molar-refractivity contribution in [2.75, 3.05) is 26.2 Å². The maximum Gasteiger partial charge on any atom is 0.124 e. The third-order valence-electron chi connectivity index (χ3n) is 12.9. The summed E-state index contributed by atoms with van der Waals surface area (Å²) < 4.78 is 0. The molecule has 1 fully saturated rings. The number of phenolic OH excluding ortho intramolecular Hbond substituents is 2. The zero-order chi connectivity index (χ0) is 37.2. The van der Waals surface area contributed by atoms with E-state index in [1.54, 1.807) is 0 Å². The predicted molar refractivity (Wildman–Crippen MR) is 220 cm³/mol. The van der Waals surface area contributed by atoms with Gasteiger partial charge in [0.1, 0.15) is 11.5 Å². The van der Waals surface area contributed by atoms with Crippen molar-refractivity contribution in [2.24, 2.45) is 0 Å². The molecule has 272 valence electrons. The quantitative estimate of drug-likeness (QED) is 0.157. The van der Waals surface area contributed by atoms with Crippen LogP contribution in [0.15, 0.2) is 121 Å². The highest BCUT2D eigenvalue weighted by atomic mass is 16.3. The molecule has 1 aliphatic heterocycles. The number of nitrogens with zero attached hydrogens (tertiary/aromatic N) is 2. The molecule has 4 heteroatoms. The number of benzene rings is 6. The third-order valence-corrected chi connectivity index (χ3v) is 12.9. The van der Waals surface area contributed by atoms with Crippen LogP contribution >= 0.6 is 0 Å². The summed E-state index contributed by atoms with van der Waals surface area (Å²) in [4.78, 5) is 4.99. The minimum atomic E-state index is -0.495. The predicted octanol–water partition coefficient (Wildman–Crippen LogP) is 10.5. The van der Waals surface area contributed by atoms with E-state index in [0.717, 1.165) is 59.6 Å². The fourth-order valence-electron chi connectivity index (χ4n) is 10.2. The summed E-state index contributed by atoms with van der Waals surface area (Å²) in [6, 6.07) is 43.3. The second-order valence-electron chi connectivity index (χ2n) is 16.3. The van der Waals surface area contributed by atoms with E-state index in [2.05, 4.69) is 159 Å². The van der Waals surface area contributed by atoms with Crippen LogP contribution in [0, 0.1) is 13.8 Å². The first-order chi connectivity index (χ1) is 26.2. The average Bonchev–Trinajstić information content (AvgIpc) is 3.88. The van der Waals surface area contributed by atoms with Crippen molar-refractivity contribution in [1.82, 2.24) is 9.80 Å². The lowest BCUT2D eigenvalue weighted by Crippen LogP contribution is -2.33. The summed E-state index contributed by atoms with van der Waals surface area (Å²) in [6.07, 6.45) is 2.49. The van der Waals surface area contributed by atoms with Gasteiger partial charge in [-0.1, -0.05) is 132 Å². The Morgan fingerprint density at radius 3 is 1.24 bits per heavy atom. The van der Waals surface area contributed by atoms with E-state index in [1.165, 1.54) is 57.3 Å². The standard InChI is InChI=1S/C50H50N2O2/c1-33-27-35(47(53)45(29-33)49(3)41-19-9-5-15-37(41)38-16-6-10-20-42(38)49)31-52(26-25-51-23-13-14-24-51)32-36-28-34(2)30-46(48(36)54)50(4)43-21-11-7-17-39(43)40-18-8-12-22-44(40)50/h5-12,15-22,27-30,53-54H,13-14,23-26,31-32H2,1-4H3. The van der Waals surface area contributed by atoms with Gasteiger partial charge in [-0.15, -0.1) is 0 Å². The van der Waals surface area contributed by atoms with Gasteiger partial charge in [-0.25, -0.2) is 0 Å². The molecule has 2 N–H and O–H groups in total. The van der Waals surface area contributed by atoms with Crippen LogP contribution in [0.1, 0.15) is 82.3 Å². The molecule has 6 aromatic rings. The number of likely N-dealkylation sites (tertiary alicyclic amines) is 1. The lowest BCUT2D eigenvalue weighted by molar-refractivity contribution is 0.208. The van der Waals surface area contributed by atoms with Crippen LogP contribution in [0.25, 0.3) is 22.3 Å². The molecule has 4 nitrogen and oxygen atoms in total. The van der Waals surface area contributed by atoms with Gasteiger partial charge in [0.15, 0.2) is 0 Å². The van der Waals surface area contributed by atoms with Gasteiger partial charge in [-0.3, -0.25) is 4.90 Å². The minimum Gasteiger partial charge on any atom is -0.507 e. The van der Waals surface area contributed by atoms with Crippen LogP contribution in [0.3, 0.4) is 0 Å². The van der Waals surface area contributed by atoms with Crippen molar-refractivity contribution in [3.63, 3.8) is 0 Å². The molecule has 0 spiro atoms. The molecule has 0 bridgehead atoms. The smallest absolute Gasteiger partial charge is 0.124 e. The molecule has 9 rings (SSSR count). The Morgan fingerprint density at radius 1 is 0.519 bits per heavy atom. The van der Waals surface area contributed by atoms with Crippen molar-refractivity contribution < 1.29 is 10.2 Å². The lowest BCUT2D eigenvalue weighted by Gasteiger charge is -2.32. The summed E-state index contributed by atoms with van der Waals surface area (Å²) in [5.41, 5.74) is 14.9. The van der Waals surface area contributed by atoms with Crippen molar-refractivity contribution in [1.29, 1.82) is 0 Å². The number of rotatable bonds is 9. The maximum atomic E-state index is 12.4. The first-order valence-electron chi connectivity index (χ1n) is 19.7. The van der Waals surface area contributed by atoms with Crippen LogP contribution < -0.4 is 0 Å². The van der Waals surface area contributed by atoms with Crippen molar-refractivity contribution in [3.05, 3.63) is 177 Å². The molecule has 3 aliphatic rings. The molecule has 0 unspecified atom stereocenters. The van der Waals surface area contributed by atoms with Crippen molar-refractivity contribution in [3.8, 4) is 33.8 Å². The molecule has 0 saturated carbocycles. The summed E-state index contributed by atoms with van der Waals surface area (Å²) in [5.74, 6) is 0.725. The third kappa shape index (κ3) is 5.41. The van der Waals surface area contributed by atoms with Gasteiger partial charge in [0.25, 0.3) is 0 Å². The molecule has 0 aromatic heterocycles. The van der Waals surface area contributed by atoms with E-state index < -0.39 is 10.8 Å². The maximum absolute atomic E-state index is 12.4. The Hall–Kier alpha value is -5.16. The molecule has 0 radical (unpaired) electrons. The lowest BCUT2D eigenvalue weighted by atomic mass is 9.73. The van der Waals surface area contributed by atoms with Gasteiger partial charge in [-0.05, 0) is 98.1 Å². The Bertz CT molecular complexity index is 2150. The highest BCUT2D eigenvalue weighted by Gasteiger charge is 2.44. The summed E-state index contributed by atoms with van der Waals surface area (Å²) in [6.45, 7) is 14.0. The SMILES string of the molecule is Cc1cc(CN(CCN2CCCC2)Cc2cc(C)cc(C3(C)c4ccccc4-c4ccccc43)c2O)c(O)c(C2(C)c3ccccc3-c3ccccc32)c1. The Morgan fingerprint density at radius 2 is 0.870 bits per heavy atom. The van der Waals surface area contributed by atoms with Crippen LogP contribution in [0.4, 0.5) is 0 Å². The topological polar surface area (TPSA) is 46.9 Å². The van der Waals surface area contributed by atoms with Crippen molar-refractivity contribution >= 4 is 0 Å². The minimum absolute atomic E-state index is 0.363. The molecular formula is C50H50N2O2. The molecule has 6 aromatic carbocycles. The monoisotopic (exact) mass is 710 g/mol. The van der Waals surface area contributed by atoms with Gasteiger partial charge in [0.2, 0.25) is 0 Å². The average molecular weight is 711 g/mol. The number of aromatic hydroxyl groups is 2. The normalized spacial score (nSPS) is 16.3. The Labute approximate surface area is 320 Å². The zero-order valence-electron chi connectivity index (χ0n) is 32.0. The van der Waals surface area contributed by atoms with E-state index in [4.69, 9.17) is 0 Å². The fraction of sp³-hybridized carbons (Fsp3) is 0.280. The van der Waals surface area contributed by atoms with Gasteiger partial charge in [-0.2, -0.15) is 0 Å². The molecule has 1 heterocycles. The van der Waals surface area contributed by atoms with Crippen LogP contribution in [-0.2, 0) is 23.9 Å². The molecule has 54 heavy (non-hydrogen) atoms. The highest BCUT2D eigenvalue weighted by molar-refractivity contribution is 5.85. The number of hydrogen-bond donors (Lipinski definition) is 2. The van der Waals surface area contributed by atoms with E-state index in [0.29, 0.717) is 24.6 Å². The number of phenols is 2. The van der Waals surface area contributed by atoms with Gasteiger partial charge in [0.05, 0.1) is 0 Å². The molecule has 0 amide bonds. The van der Waals surface area contributed by atoms with Crippen molar-refractivity contribution in [2.45, 2.75) is 64.5 Å². The van der Waals surface area contributed by atoms with Crippen LogP contribution in [0.5, 0.6) is 11.5 Å². The fourth-order valence-corrected chi connectivity index (χ4v) is 10.2. The van der Waals surface area contributed by atoms with Gasteiger partial charge >= 0.3 is 0 Å². The summed E-state index contributed by atoms with van der Waals surface area (Å²) in [5, 5.41) is 24.8. The molecule has 1 saturated heterocycles. The largest absolute Gasteiger partial charge is 0.507 e. The van der Waals surface area contributed by atoms with Gasteiger partial charge in [0, 0.05) is 59.3 Å². The van der Waals surface area contributed by atoms with Crippen LogP contribution in [0.2, 0.25) is 0 Å².